The second-order valence-corrected chi connectivity index (χ2v) is 4.75. The third kappa shape index (κ3) is 2.05. The number of fused-ring (bicyclic) bond motifs is 1. The molecular weight excluding hydrogens is 217 g/mol. The molecule has 3 nitrogen and oxygen atoms in total. The van der Waals surface area contributed by atoms with Crippen LogP contribution < -0.4 is 5.32 Å². The summed E-state index contributed by atoms with van der Waals surface area (Å²) in [5.41, 5.74) is 1.53. The first-order valence-corrected chi connectivity index (χ1v) is 6.17. The van der Waals surface area contributed by atoms with E-state index in [1.807, 2.05) is 6.07 Å². The van der Waals surface area contributed by atoms with Crippen LogP contribution in [0.3, 0.4) is 0 Å². The molecule has 0 radical (unpaired) electrons. The summed E-state index contributed by atoms with van der Waals surface area (Å²) in [4.78, 5) is 0. The highest BCUT2D eigenvalue weighted by molar-refractivity contribution is 5.81. The molecule has 1 aliphatic rings. The van der Waals surface area contributed by atoms with Gasteiger partial charge in [-0.3, -0.25) is 5.10 Å². The van der Waals surface area contributed by atoms with Crippen LogP contribution in [0.1, 0.15) is 18.5 Å². The monoisotopic (exact) mass is 233 g/mol. The minimum absolute atomic E-state index is 0.244. The zero-order valence-electron chi connectivity index (χ0n) is 9.67. The second kappa shape index (κ2) is 4.45. The number of rotatable bonds is 2. The van der Waals surface area contributed by atoms with Crippen LogP contribution in [-0.4, -0.2) is 23.3 Å². The maximum Gasteiger partial charge on any atom is 0.151 e. The van der Waals surface area contributed by atoms with E-state index < -0.39 is 0 Å². The fourth-order valence-corrected chi connectivity index (χ4v) is 2.60. The second-order valence-electron chi connectivity index (χ2n) is 4.75. The van der Waals surface area contributed by atoms with E-state index in [4.69, 9.17) is 0 Å². The zero-order valence-corrected chi connectivity index (χ0v) is 9.67. The highest BCUT2D eigenvalue weighted by atomic mass is 19.1. The topological polar surface area (TPSA) is 40.7 Å². The van der Waals surface area contributed by atoms with Crippen LogP contribution in [0.15, 0.2) is 18.2 Å². The lowest BCUT2D eigenvalue weighted by Gasteiger charge is -2.22. The molecule has 4 heteroatoms. The quantitative estimate of drug-likeness (QED) is 0.835. The van der Waals surface area contributed by atoms with Crippen molar-refractivity contribution in [1.29, 1.82) is 0 Å². The van der Waals surface area contributed by atoms with Crippen molar-refractivity contribution in [1.82, 2.24) is 15.5 Å². The number of hydrogen-bond donors (Lipinski definition) is 2. The SMILES string of the molecule is Fc1cccc2c(CC3CCCNC3)[nH]nc12. The lowest BCUT2D eigenvalue weighted by Crippen LogP contribution is -2.30. The molecule has 1 saturated heterocycles. The Hall–Kier alpha value is -1.42. The van der Waals surface area contributed by atoms with Gasteiger partial charge >= 0.3 is 0 Å². The van der Waals surface area contributed by atoms with Crippen molar-refractivity contribution >= 4 is 10.9 Å². The molecule has 1 aromatic carbocycles. The van der Waals surface area contributed by atoms with Gasteiger partial charge < -0.3 is 5.32 Å². The number of hydrogen-bond acceptors (Lipinski definition) is 2. The van der Waals surface area contributed by atoms with Gasteiger partial charge in [-0.15, -0.1) is 0 Å². The Balaban J connectivity index is 1.87. The average Bonchev–Trinajstić information content (AvgIpc) is 2.76. The number of H-pyrrole nitrogens is 1. The highest BCUT2D eigenvalue weighted by Crippen LogP contribution is 2.23. The summed E-state index contributed by atoms with van der Waals surface area (Å²) in [5.74, 6) is 0.391. The maximum atomic E-state index is 13.5. The summed E-state index contributed by atoms with van der Waals surface area (Å²) in [5, 5.41) is 11.4. The maximum absolute atomic E-state index is 13.5. The Morgan fingerprint density at radius 3 is 3.18 bits per heavy atom. The van der Waals surface area contributed by atoms with Gasteiger partial charge in [0, 0.05) is 11.1 Å². The third-order valence-corrected chi connectivity index (χ3v) is 3.51. The van der Waals surface area contributed by atoms with Crippen LogP contribution in [0, 0.1) is 11.7 Å². The molecule has 1 aromatic heterocycles. The van der Waals surface area contributed by atoms with E-state index in [1.165, 1.54) is 18.9 Å². The van der Waals surface area contributed by atoms with Crippen molar-refractivity contribution in [3.05, 3.63) is 29.7 Å². The normalized spacial score (nSPS) is 20.9. The molecule has 0 saturated carbocycles. The van der Waals surface area contributed by atoms with E-state index >= 15 is 0 Å². The molecule has 2 aromatic rings. The fraction of sp³-hybridized carbons (Fsp3) is 0.462. The number of halogens is 1. The number of nitrogens with zero attached hydrogens (tertiary/aromatic N) is 1. The lowest BCUT2D eigenvalue weighted by atomic mass is 9.94. The van der Waals surface area contributed by atoms with Crippen LogP contribution in [-0.2, 0) is 6.42 Å². The average molecular weight is 233 g/mol. The molecule has 1 aliphatic heterocycles. The molecule has 3 rings (SSSR count). The number of nitrogens with one attached hydrogen (secondary N) is 2. The van der Waals surface area contributed by atoms with Crippen molar-refractivity contribution in [2.75, 3.05) is 13.1 Å². The Bertz CT molecular complexity index is 514. The summed E-state index contributed by atoms with van der Waals surface area (Å²) in [6.07, 6.45) is 3.42. The van der Waals surface area contributed by atoms with E-state index in [0.717, 1.165) is 30.6 Å². The fourth-order valence-electron chi connectivity index (χ4n) is 2.60. The van der Waals surface area contributed by atoms with Crippen molar-refractivity contribution in [3.63, 3.8) is 0 Å². The third-order valence-electron chi connectivity index (χ3n) is 3.51. The minimum Gasteiger partial charge on any atom is -0.316 e. The van der Waals surface area contributed by atoms with E-state index in [9.17, 15) is 4.39 Å². The van der Waals surface area contributed by atoms with Gasteiger partial charge in [-0.25, -0.2) is 4.39 Å². The summed E-state index contributed by atoms with van der Waals surface area (Å²) in [6.45, 7) is 2.17. The van der Waals surface area contributed by atoms with Crippen LogP contribution in [0.4, 0.5) is 4.39 Å². The number of piperidine rings is 1. The van der Waals surface area contributed by atoms with Gasteiger partial charge in [-0.05, 0) is 44.3 Å². The van der Waals surface area contributed by atoms with Crippen molar-refractivity contribution in [2.24, 2.45) is 5.92 Å². The standard InChI is InChI=1S/C13H16FN3/c14-11-5-1-4-10-12(16-17-13(10)11)7-9-3-2-6-15-8-9/h1,4-5,9,15H,2-3,6-8H2,(H,16,17). The Labute approximate surface area is 99.4 Å². The lowest BCUT2D eigenvalue weighted by molar-refractivity contribution is 0.374. The molecule has 0 bridgehead atoms. The molecule has 1 atom stereocenters. The van der Waals surface area contributed by atoms with Crippen molar-refractivity contribution in [2.45, 2.75) is 19.3 Å². The summed E-state index contributed by atoms with van der Waals surface area (Å²) >= 11 is 0. The molecule has 0 spiro atoms. The zero-order chi connectivity index (χ0) is 11.7. The van der Waals surface area contributed by atoms with Gasteiger partial charge in [0.1, 0.15) is 5.52 Å². The van der Waals surface area contributed by atoms with Crippen molar-refractivity contribution in [3.8, 4) is 0 Å². The van der Waals surface area contributed by atoms with Crippen molar-refractivity contribution < 1.29 is 4.39 Å². The summed E-state index contributed by atoms with van der Waals surface area (Å²) in [6, 6.07) is 5.14. The van der Waals surface area contributed by atoms with E-state index in [2.05, 4.69) is 15.5 Å². The molecule has 2 heterocycles. The van der Waals surface area contributed by atoms with Crippen LogP contribution >= 0.6 is 0 Å². The van der Waals surface area contributed by atoms with Gasteiger partial charge in [0.25, 0.3) is 0 Å². The predicted octanol–water partition coefficient (Wildman–Crippen LogP) is 2.24. The molecule has 0 amide bonds. The number of aromatic amines is 1. The highest BCUT2D eigenvalue weighted by Gasteiger charge is 2.16. The molecule has 0 aliphatic carbocycles. The molecular formula is C13H16FN3. The first kappa shape index (κ1) is 10.7. The van der Waals surface area contributed by atoms with E-state index in [1.54, 1.807) is 6.07 Å². The van der Waals surface area contributed by atoms with Gasteiger partial charge in [0.05, 0.1) is 0 Å². The minimum atomic E-state index is -0.244. The Morgan fingerprint density at radius 2 is 2.35 bits per heavy atom. The molecule has 1 fully saturated rings. The largest absolute Gasteiger partial charge is 0.316 e. The van der Waals surface area contributed by atoms with E-state index in [0.29, 0.717) is 11.4 Å². The number of benzene rings is 1. The Kier molecular flexibility index (Phi) is 2.81. The van der Waals surface area contributed by atoms with Crippen LogP contribution in [0.2, 0.25) is 0 Å². The van der Waals surface area contributed by atoms with Gasteiger partial charge in [-0.1, -0.05) is 12.1 Å². The van der Waals surface area contributed by atoms with Crippen LogP contribution in [0.25, 0.3) is 10.9 Å². The summed E-state index contributed by atoms with van der Waals surface area (Å²) in [7, 11) is 0. The van der Waals surface area contributed by atoms with Gasteiger partial charge in [-0.2, -0.15) is 5.10 Å². The first-order chi connectivity index (χ1) is 8.34. The number of aromatic nitrogens is 2. The number of para-hydroxylation sites is 1. The molecule has 2 N–H and O–H groups in total. The summed E-state index contributed by atoms with van der Waals surface area (Å²) < 4.78 is 13.5. The molecule has 1 unspecified atom stereocenters. The van der Waals surface area contributed by atoms with Gasteiger partial charge in [0.2, 0.25) is 0 Å². The van der Waals surface area contributed by atoms with E-state index in [-0.39, 0.29) is 5.82 Å². The first-order valence-electron chi connectivity index (χ1n) is 6.17. The van der Waals surface area contributed by atoms with Gasteiger partial charge in [0.15, 0.2) is 5.82 Å². The smallest absolute Gasteiger partial charge is 0.151 e. The van der Waals surface area contributed by atoms with Crippen LogP contribution in [0.5, 0.6) is 0 Å². The molecule has 17 heavy (non-hydrogen) atoms. The Morgan fingerprint density at radius 1 is 1.41 bits per heavy atom. The predicted molar refractivity (Wildman–Crippen MR) is 65.3 cm³/mol. The molecule has 90 valence electrons.